The first-order chi connectivity index (χ1) is 16.1. The van der Waals surface area contributed by atoms with Gasteiger partial charge in [0, 0.05) is 52.9 Å². The van der Waals surface area contributed by atoms with Crippen LogP contribution in [0.25, 0.3) is 22.0 Å². The van der Waals surface area contributed by atoms with E-state index in [1.807, 2.05) is 24.3 Å². The van der Waals surface area contributed by atoms with Gasteiger partial charge in [0.05, 0.1) is 12.6 Å². The quantitative estimate of drug-likeness (QED) is 0.512. The van der Waals surface area contributed by atoms with Crippen molar-refractivity contribution in [3.05, 3.63) is 47.6 Å². The molecule has 0 amide bonds. The van der Waals surface area contributed by atoms with Gasteiger partial charge < -0.3 is 10.1 Å². The molecule has 7 nitrogen and oxygen atoms in total. The van der Waals surface area contributed by atoms with Gasteiger partial charge in [0.2, 0.25) is 16.0 Å². The fraction of sp³-hybridized carbons (Fsp3) is 0.364. The number of ether oxygens (including phenoxy) is 1. The van der Waals surface area contributed by atoms with Crippen LogP contribution in [0.5, 0.6) is 5.75 Å². The molecule has 1 aliphatic rings. The number of piperidine rings is 1. The standard InChI is InChI=1S/C22H22ClF3N4O3S/c1-33-20-11-19-14(10-17(20)16-4-2-3-5-18(16)23)12-27-21(29-19)28-15-6-8-30(9-7-15)34(31,32)13-22(24,25)26/h2-5,10-12,15H,6-9,13H2,1H3,(H,27,28,29). The third-order valence-corrected chi connectivity index (χ3v) is 7.77. The highest BCUT2D eigenvalue weighted by Crippen LogP contribution is 2.37. The zero-order chi connectivity index (χ0) is 24.5. The van der Waals surface area contributed by atoms with Gasteiger partial charge in [-0.05, 0) is 25.0 Å². The third kappa shape index (κ3) is 5.53. The molecular formula is C22H22ClF3N4O3S. The molecule has 1 aromatic heterocycles. The van der Waals surface area contributed by atoms with Gasteiger partial charge in [-0.1, -0.05) is 29.8 Å². The Hall–Kier alpha value is -2.63. The second-order valence-electron chi connectivity index (χ2n) is 7.97. The van der Waals surface area contributed by atoms with E-state index in [2.05, 4.69) is 15.3 Å². The molecule has 0 spiro atoms. The van der Waals surface area contributed by atoms with Gasteiger partial charge in [0.1, 0.15) is 5.75 Å². The van der Waals surface area contributed by atoms with Crippen molar-refractivity contribution in [1.29, 1.82) is 0 Å². The molecule has 1 saturated heterocycles. The van der Waals surface area contributed by atoms with Crippen LogP contribution in [0.15, 0.2) is 42.6 Å². The van der Waals surface area contributed by atoms with Crippen LogP contribution in [0.1, 0.15) is 12.8 Å². The number of fused-ring (bicyclic) bond motifs is 1. The van der Waals surface area contributed by atoms with Crippen molar-refractivity contribution in [2.45, 2.75) is 25.1 Å². The largest absolute Gasteiger partial charge is 0.496 e. The van der Waals surface area contributed by atoms with Crippen molar-refractivity contribution >= 4 is 38.5 Å². The maximum absolute atomic E-state index is 12.5. The lowest BCUT2D eigenvalue weighted by molar-refractivity contribution is -0.107. The Kier molecular flexibility index (Phi) is 6.88. The number of nitrogens with one attached hydrogen (secondary N) is 1. The maximum Gasteiger partial charge on any atom is 0.404 e. The van der Waals surface area contributed by atoms with Crippen LogP contribution in [0, 0.1) is 0 Å². The highest BCUT2D eigenvalue weighted by atomic mass is 35.5. The molecule has 2 aromatic carbocycles. The van der Waals surface area contributed by atoms with E-state index >= 15 is 0 Å². The number of hydrogen-bond donors (Lipinski definition) is 1. The molecule has 0 bridgehead atoms. The van der Waals surface area contributed by atoms with E-state index in [0.717, 1.165) is 20.8 Å². The summed E-state index contributed by atoms with van der Waals surface area (Å²) >= 11 is 6.35. The minimum atomic E-state index is -4.76. The van der Waals surface area contributed by atoms with Gasteiger partial charge in [0.15, 0.2) is 5.75 Å². The highest BCUT2D eigenvalue weighted by molar-refractivity contribution is 7.89. The second-order valence-corrected chi connectivity index (χ2v) is 10.3. The minimum absolute atomic E-state index is 0.00131. The molecule has 182 valence electrons. The smallest absolute Gasteiger partial charge is 0.404 e. The number of halogens is 4. The number of hydrogen-bond acceptors (Lipinski definition) is 6. The molecule has 0 radical (unpaired) electrons. The lowest BCUT2D eigenvalue weighted by Crippen LogP contribution is -2.45. The molecule has 34 heavy (non-hydrogen) atoms. The minimum Gasteiger partial charge on any atom is -0.496 e. The number of methoxy groups -OCH3 is 1. The number of aromatic nitrogens is 2. The maximum atomic E-state index is 12.5. The van der Waals surface area contributed by atoms with Crippen molar-refractivity contribution < 1.29 is 26.3 Å². The lowest BCUT2D eigenvalue weighted by atomic mass is 10.0. The normalized spacial score (nSPS) is 16.0. The van der Waals surface area contributed by atoms with Gasteiger partial charge in [-0.15, -0.1) is 0 Å². The zero-order valence-electron chi connectivity index (χ0n) is 18.1. The molecule has 1 aliphatic heterocycles. The van der Waals surface area contributed by atoms with Crippen LogP contribution >= 0.6 is 11.6 Å². The molecule has 4 rings (SSSR count). The SMILES string of the molecule is COc1cc2nc(NC3CCN(S(=O)(=O)CC(F)(F)F)CC3)ncc2cc1-c1ccccc1Cl. The summed E-state index contributed by atoms with van der Waals surface area (Å²) < 4.78 is 68.0. The van der Waals surface area contributed by atoms with Gasteiger partial charge in [0.25, 0.3) is 0 Å². The van der Waals surface area contributed by atoms with Crippen molar-refractivity contribution in [2.75, 3.05) is 31.3 Å². The molecular weight excluding hydrogens is 493 g/mol. The van der Waals surface area contributed by atoms with E-state index in [1.54, 1.807) is 25.4 Å². The summed E-state index contributed by atoms with van der Waals surface area (Å²) in [5, 5.41) is 4.52. The van der Waals surface area contributed by atoms with Crippen molar-refractivity contribution in [2.24, 2.45) is 0 Å². The number of alkyl halides is 3. The average molecular weight is 515 g/mol. The monoisotopic (exact) mass is 514 g/mol. The Morgan fingerprint density at radius 1 is 1.18 bits per heavy atom. The number of nitrogens with zero attached hydrogens (tertiary/aromatic N) is 3. The van der Waals surface area contributed by atoms with E-state index in [4.69, 9.17) is 16.3 Å². The van der Waals surface area contributed by atoms with E-state index in [9.17, 15) is 21.6 Å². The predicted molar refractivity (Wildman–Crippen MR) is 125 cm³/mol. The van der Waals surface area contributed by atoms with Crippen LogP contribution < -0.4 is 10.1 Å². The van der Waals surface area contributed by atoms with Gasteiger partial charge >= 0.3 is 6.18 Å². The molecule has 0 saturated carbocycles. The second kappa shape index (κ2) is 9.55. The first kappa shape index (κ1) is 24.5. The number of anilines is 1. The van der Waals surface area contributed by atoms with E-state index in [1.165, 1.54) is 0 Å². The molecule has 1 fully saturated rings. The Morgan fingerprint density at radius 2 is 1.88 bits per heavy atom. The fourth-order valence-corrected chi connectivity index (χ4v) is 5.55. The Labute approximate surface area is 200 Å². The Balaban J connectivity index is 1.49. The van der Waals surface area contributed by atoms with E-state index in [-0.39, 0.29) is 19.1 Å². The molecule has 0 aliphatic carbocycles. The van der Waals surface area contributed by atoms with E-state index < -0.39 is 22.0 Å². The first-order valence-electron chi connectivity index (χ1n) is 10.5. The van der Waals surface area contributed by atoms with Gasteiger partial charge in [-0.3, -0.25) is 0 Å². The summed E-state index contributed by atoms with van der Waals surface area (Å²) in [7, 11) is -2.82. The predicted octanol–water partition coefficient (Wildman–Crippen LogP) is 4.73. The van der Waals surface area contributed by atoms with Crippen LogP contribution in [-0.4, -0.2) is 60.9 Å². The zero-order valence-corrected chi connectivity index (χ0v) is 19.7. The number of rotatable bonds is 6. The van der Waals surface area contributed by atoms with Crippen LogP contribution in [0.3, 0.4) is 0 Å². The molecule has 2 heterocycles. The summed E-state index contributed by atoms with van der Waals surface area (Å²) in [6, 6.07) is 10.9. The lowest BCUT2D eigenvalue weighted by Gasteiger charge is -2.31. The summed E-state index contributed by atoms with van der Waals surface area (Å²) in [6.45, 7) is -0.00262. The Morgan fingerprint density at radius 3 is 2.53 bits per heavy atom. The van der Waals surface area contributed by atoms with Crippen LogP contribution in [0.4, 0.5) is 19.1 Å². The van der Waals surface area contributed by atoms with Crippen LogP contribution in [-0.2, 0) is 10.0 Å². The van der Waals surface area contributed by atoms with Crippen molar-refractivity contribution in [3.63, 3.8) is 0 Å². The number of sulfonamides is 1. The summed E-state index contributed by atoms with van der Waals surface area (Å²) in [5.74, 6) is -0.908. The topological polar surface area (TPSA) is 84.4 Å². The molecule has 0 atom stereocenters. The first-order valence-corrected chi connectivity index (χ1v) is 12.5. The van der Waals surface area contributed by atoms with E-state index in [0.29, 0.717) is 35.1 Å². The van der Waals surface area contributed by atoms with Gasteiger partial charge in [-0.2, -0.15) is 13.2 Å². The molecule has 0 unspecified atom stereocenters. The number of benzene rings is 2. The van der Waals surface area contributed by atoms with Crippen molar-refractivity contribution in [1.82, 2.24) is 14.3 Å². The molecule has 1 N–H and O–H groups in total. The highest BCUT2D eigenvalue weighted by Gasteiger charge is 2.39. The molecule has 3 aromatic rings. The van der Waals surface area contributed by atoms with Gasteiger partial charge in [-0.25, -0.2) is 22.7 Å². The Bertz CT molecular complexity index is 1300. The fourth-order valence-electron chi connectivity index (χ4n) is 3.95. The molecule has 12 heteroatoms. The van der Waals surface area contributed by atoms with Crippen LogP contribution in [0.2, 0.25) is 5.02 Å². The summed E-state index contributed by atoms with van der Waals surface area (Å²) in [4.78, 5) is 8.89. The summed E-state index contributed by atoms with van der Waals surface area (Å²) in [6.07, 6.45) is -2.42. The third-order valence-electron chi connectivity index (χ3n) is 5.59. The summed E-state index contributed by atoms with van der Waals surface area (Å²) in [5.41, 5.74) is 2.25. The van der Waals surface area contributed by atoms with Crippen molar-refractivity contribution in [3.8, 4) is 16.9 Å². The average Bonchev–Trinajstić information content (AvgIpc) is 2.77.